The molecule has 1 N–H and O–H groups in total. The summed E-state index contributed by atoms with van der Waals surface area (Å²) in [5.41, 5.74) is 0.448. The van der Waals surface area contributed by atoms with Crippen LogP contribution in [-0.4, -0.2) is 51.8 Å². The molecule has 0 bridgehead atoms. The van der Waals surface area contributed by atoms with E-state index in [-0.39, 0.29) is 11.9 Å². The van der Waals surface area contributed by atoms with Crippen LogP contribution in [-0.2, 0) is 0 Å². The Morgan fingerprint density at radius 1 is 1.15 bits per heavy atom. The Labute approximate surface area is 159 Å². The summed E-state index contributed by atoms with van der Waals surface area (Å²) in [7, 11) is 4.59. The van der Waals surface area contributed by atoms with Gasteiger partial charge < -0.3 is 23.9 Å². The number of rotatable bonds is 8. The standard InChI is InChI=1S/C20H26N2O5/c1-24-17-11-14(12-18(25-2)19(17)26-3)20(23)21-13-15(16-7-6-10-27-16)22-8-4-5-9-22/h6-7,10-12,15H,4-5,8-9,13H2,1-3H3,(H,21,23)/t15-/m0/s1. The van der Waals surface area contributed by atoms with Gasteiger partial charge in [0.2, 0.25) is 5.75 Å². The van der Waals surface area contributed by atoms with E-state index in [4.69, 9.17) is 18.6 Å². The molecule has 7 heteroatoms. The highest BCUT2D eigenvalue weighted by molar-refractivity contribution is 5.95. The second kappa shape index (κ2) is 8.81. The van der Waals surface area contributed by atoms with Crippen LogP contribution in [0.3, 0.4) is 0 Å². The summed E-state index contributed by atoms with van der Waals surface area (Å²) in [6, 6.07) is 7.14. The van der Waals surface area contributed by atoms with Gasteiger partial charge in [-0.2, -0.15) is 0 Å². The lowest BCUT2D eigenvalue weighted by atomic mass is 10.1. The number of hydrogen-bond acceptors (Lipinski definition) is 6. The van der Waals surface area contributed by atoms with Crippen LogP contribution in [0.4, 0.5) is 0 Å². The Bertz CT molecular complexity index is 729. The van der Waals surface area contributed by atoms with E-state index in [1.807, 2.05) is 12.1 Å². The highest BCUT2D eigenvalue weighted by atomic mass is 16.5. The maximum absolute atomic E-state index is 12.8. The summed E-state index contributed by atoms with van der Waals surface area (Å²) in [4.78, 5) is 15.1. The molecule has 1 amide bonds. The third-order valence-corrected chi connectivity index (χ3v) is 4.84. The number of furan rings is 1. The molecule has 0 aliphatic carbocycles. The van der Waals surface area contributed by atoms with E-state index in [2.05, 4.69) is 10.2 Å². The molecule has 146 valence electrons. The Morgan fingerprint density at radius 3 is 2.33 bits per heavy atom. The first-order chi connectivity index (χ1) is 13.2. The second-order valence-electron chi connectivity index (χ2n) is 6.40. The third kappa shape index (κ3) is 4.19. The van der Waals surface area contributed by atoms with Gasteiger partial charge in [0.15, 0.2) is 11.5 Å². The Hall–Kier alpha value is -2.67. The second-order valence-corrected chi connectivity index (χ2v) is 6.40. The number of benzene rings is 1. The average molecular weight is 374 g/mol. The Kier molecular flexibility index (Phi) is 6.24. The smallest absolute Gasteiger partial charge is 0.251 e. The van der Waals surface area contributed by atoms with Crippen LogP contribution in [0.5, 0.6) is 17.2 Å². The van der Waals surface area contributed by atoms with Gasteiger partial charge in [0.05, 0.1) is 33.6 Å². The first kappa shape index (κ1) is 19.1. The van der Waals surface area contributed by atoms with Crippen molar-refractivity contribution in [1.29, 1.82) is 0 Å². The summed E-state index contributed by atoms with van der Waals surface area (Å²) < 4.78 is 21.6. The molecule has 3 rings (SSSR count). The molecule has 7 nitrogen and oxygen atoms in total. The van der Waals surface area contributed by atoms with Crippen molar-refractivity contribution in [1.82, 2.24) is 10.2 Å². The minimum absolute atomic E-state index is 0.0217. The van der Waals surface area contributed by atoms with Crippen LogP contribution in [0.15, 0.2) is 34.9 Å². The minimum atomic E-state index is -0.204. The van der Waals surface area contributed by atoms with Gasteiger partial charge in [-0.05, 0) is 50.2 Å². The van der Waals surface area contributed by atoms with Gasteiger partial charge in [0, 0.05) is 12.1 Å². The maximum Gasteiger partial charge on any atom is 0.251 e. The molecule has 1 aliphatic rings. The van der Waals surface area contributed by atoms with E-state index >= 15 is 0 Å². The van der Waals surface area contributed by atoms with Gasteiger partial charge in [0.1, 0.15) is 5.76 Å². The quantitative estimate of drug-likeness (QED) is 0.766. The zero-order valence-corrected chi connectivity index (χ0v) is 16.0. The fraction of sp³-hybridized carbons (Fsp3) is 0.450. The molecule has 1 saturated heterocycles. The monoisotopic (exact) mass is 374 g/mol. The number of ether oxygens (including phenoxy) is 3. The number of amides is 1. The lowest BCUT2D eigenvalue weighted by Gasteiger charge is -2.26. The topological polar surface area (TPSA) is 73.2 Å². The largest absolute Gasteiger partial charge is 0.493 e. The molecule has 0 spiro atoms. The maximum atomic E-state index is 12.8. The molecule has 0 saturated carbocycles. The first-order valence-electron chi connectivity index (χ1n) is 9.03. The van der Waals surface area contributed by atoms with Crippen molar-refractivity contribution in [3.05, 3.63) is 41.9 Å². The molecule has 27 heavy (non-hydrogen) atoms. The van der Waals surface area contributed by atoms with Crippen molar-refractivity contribution in [2.45, 2.75) is 18.9 Å². The zero-order chi connectivity index (χ0) is 19.2. The number of hydrogen-bond donors (Lipinski definition) is 1. The van der Waals surface area contributed by atoms with E-state index in [9.17, 15) is 4.79 Å². The van der Waals surface area contributed by atoms with Crippen molar-refractivity contribution in [3.63, 3.8) is 0 Å². The van der Waals surface area contributed by atoms with Gasteiger partial charge in [-0.1, -0.05) is 0 Å². The molecule has 0 unspecified atom stereocenters. The van der Waals surface area contributed by atoms with Crippen LogP contribution < -0.4 is 19.5 Å². The summed E-state index contributed by atoms with van der Waals surface area (Å²) in [6.07, 6.45) is 4.00. The molecule has 0 radical (unpaired) electrons. The van der Waals surface area contributed by atoms with E-state index < -0.39 is 0 Å². The van der Waals surface area contributed by atoms with Crippen LogP contribution in [0.25, 0.3) is 0 Å². The van der Waals surface area contributed by atoms with Crippen molar-refractivity contribution in [3.8, 4) is 17.2 Å². The van der Waals surface area contributed by atoms with Gasteiger partial charge in [0.25, 0.3) is 5.91 Å². The Balaban J connectivity index is 1.76. The number of carbonyl (C=O) groups is 1. The molecule has 1 aromatic carbocycles. The number of nitrogens with zero attached hydrogens (tertiary/aromatic N) is 1. The van der Waals surface area contributed by atoms with E-state index in [1.165, 1.54) is 21.3 Å². The number of likely N-dealkylation sites (tertiary alicyclic amines) is 1. The fourth-order valence-corrected chi connectivity index (χ4v) is 3.45. The molecule has 1 aliphatic heterocycles. The van der Waals surface area contributed by atoms with Crippen LogP contribution in [0.1, 0.15) is 35.0 Å². The summed E-state index contributed by atoms with van der Waals surface area (Å²) >= 11 is 0. The lowest BCUT2D eigenvalue weighted by Crippen LogP contribution is -2.36. The number of nitrogens with one attached hydrogen (secondary N) is 1. The van der Waals surface area contributed by atoms with E-state index in [0.29, 0.717) is 29.4 Å². The molecule has 1 fully saturated rings. The van der Waals surface area contributed by atoms with Crippen molar-refractivity contribution in [2.24, 2.45) is 0 Å². The highest BCUT2D eigenvalue weighted by Gasteiger charge is 2.26. The normalized spacial score (nSPS) is 15.4. The van der Waals surface area contributed by atoms with Crippen LogP contribution in [0.2, 0.25) is 0 Å². The predicted octanol–water partition coefficient (Wildman–Crippen LogP) is 2.87. The van der Waals surface area contributed by atoms with Gasteiger partial charge >= 0.3 is 0 Å². The first-order valence-corrected chi connectivity index (χ1v) is 9.03. The summed E-state index contributed by atoms with van der Waals surface area (Å²) in [6.45, 7) is 2.47. The van der Waals surface area contributed by atoms with E-state index in [1.54, 1.807) is 18.4 Å². The SMILES string of the molecule is COc1cc(C(=O)NC[C@@H](c2ccco2)N2CCCC2)cc(OC)c1OC. The molecular weight excluding hydrogens is 348 g/mol. The van der Waals surface area contributed by atoms with Crippen LogP contribution >= 0.6 is 0 Å². The van der Waals surface area contributed by atoms with Gasteiger partial charge in [-0.3, -0.25) is 9.69 Å². The number of carbonyl (C=O) groups excluding carboxylic acids is 1. The summed E-state index contributed by atoms with van der Waals surface area (Å²) in [5.74, 6) is 2.02. The summed E-state index contributed by atoms with van der Waals surface area (Å²) in [5, 5.41) is 3.01. The average Bonchev–Trinajstić information content (AvgIpc) is 3.41. The van der Waals surface area contributed by atoms with Gasteiger partial charge in [-0.25, -0.2) is 0 Å². The predicted molar refractivity (Wildman–Crippen MR) is 101 cm³/mol. The fourth-order valence-electron chi connectivity index (χ4n) is 3.45. The Morgan fingerprint density at radius 2 is 1.81 bits per heavy atom. The minimum Gasteiger partial charge on any atom is -0.493 e. The van der Waals surface area contributed by atoms with Crippen molar-refractivity contribution >= 4 is 5.91 Å². The lowest BCUT2D eigenvalue weighted by molar-refractivity contribution is 0.0933. The highest BCUT2D eigenvalue weighted by Crippen LogP contribution is 2.38. The van der Waals surface area contributed by atoms with Crippen molar-refractivity contribution < 1.29 is 23.4 Å². The van der Waals surface area contributed by atoms with E-state index in [0.717, 1.165) is 31.7 Å². The molecule has 1 aromatic heterocycles. The zero-order valence-electron chi connectivity index (χ0n) is 16.0. The van der Waals surface area contributed by atoms with Crippen molar-refractivity contribution in [2.75, 3.05) is 41.0 Å². The molecule has 2 aromatic rings. The molecule has 1 atom stereocenters. The molecule has 2 heterocycles. The van der Waals surface area contributed by atoms with Crippen LogP contribution in [0, 0.1) is 0 Å². The third-order valence-electron chi connectivity index (χ3n) is 4.84. The number of methoxy groups -OCH3 is 3. The molecular formula is C20H26N2O5. The van der Waals surface area contributed by atoms with Gasteiger partial charge in [-0.15, -0.1) is 0 Å².